The van der Waals surface area contributed by atoms with Crippen LogP contribution in [0.2, 0.25) is 0 Å². The maximum Gasteiger partial charge on any atom is 0.214 e. The van der Waals surface area contributed by atoms with Crippen LogP contribution in [-0.4, -0.2) is 31.6 Å². The molecule has 4 nitrogen and oxygen atoms in total. The topological polar surface area (TPSA) is 63.4 Å². The second kappa shape index (κ2) is 8.09. The second-order valence-electron chi connectivity index (χ2n) is 4.35. The predicted molar refractivity (Wildman–Crippen MR) is 79.1 cm³/mol. The molecule has 0 unspecified atom stereocenters. The highest BCUT2D eigenvalue weighted by Crippen LogP contribution is 2.11. The summed E-state index contributed by atoms with van der Waals surface area (Å²) in [5.74, 6) is 0.105. The number of hydrogen-bond acceptors (Lipinski definition) is 3. The fourth-order valence-electron chi connectivity index (χ4n) is 1.73. The molecular formula is C14H22N2O2S. The van der Waals surface area contributed by atoms with Crippen LogP contribution in [0.1, 0.15) is 18.4 Å². The van der Waals surface area contributed by atoms with Crippen LogP contribution in [0.5, 0.6) is 0 Å². The maximum absolute atomic E-state index is 12.2. The third-order valence-corrected chi connectivity index (χ3v) is 4.64. The van der Waals surface area contributed by atoms with E-state index in [2.05, 4.69) is 6.58 Å². The Bertz CT molecular complexity index is 471. The van der Waals surface area contributed by atoms with E-state index in [9.17, 15) is 8.42 Å². The zero-order valence-corrected chi connectivity index (χ0v) is 12.0. The molecule has 0 aliphatic heterocycles. The summed E-state index contributed by atoms with van der Waals surface area (Å²) < 4.78 is 26.0. The lowest BCUT2D eigenvalue weighted by atomic mass is 10.2. The van der Waals surface area contributed by atoms with Crippen LogP contribution in [0.3, 0.4) is 0 Å². The summed E-state index contributed by atoms with van der Waals surface area (Å²) in [6.07, 6.45) is 2.76. The van der Waals surface area contributed by atoms with Gasteiger partial charge in [-0.15, -0.1) is 6.58 Å². The molecule has 0 radical (unpaired) electrons. The molecular weight excluding hydrogens is 260 g/mol. The van der Waals surface area contributed by atoms with Gasteiger partial charge in [0.2, 0.25) is 10.0 Å². The molecule has 0 amide bonds. The van der Waals surface area contributed by atoms with Crippen molar-refractivity contribution in [3.63, 3.8) is 0 Å². The van der Waals surface area contributed by atoms with E-state index in [0.29, 0.717) is 32.5 Å². The SMILES string of the molecule is C=CCCS(=O)(=O)N(CCCN)Cc1ccccc1. The molecule has 1 rings (SSSR count). The molecule has 5 heteroatoms. The van der Waals surface area contributed by atoms with Crippen molar-refractivity contribution in [3.8, 4) is 0 Å². The summed E-state index contributed by atoms with van der Waals surface area (Å²) in [7, 11) is -3.25. The molecule has 19 heavy (non-hydrogen) atoms. The average Bonchev–Trinajstić information content (AvgIpc) is 2.42. The first-order chi connectivity index (χ1) is 9.10. The number of hydrogen-bond donors (Lipinski definition) is 1. The number of benzene rings is 1. The quantitative estimate of drug-likeness (QED) is 0.702. The van der Waals surface area contributed by atoms with Crippen molar-refractivity contribution in [3.05, 3.63) is 48.6 Å². The van der Waals surface area contributed by atoms with Crippen LogP contribution < -0.4 is 5.73 Å². The molecule has 0 saturated heterocycles. The number of rotatable bonds is 9. The molecule has 0 aliphatic rings. The predicted octanol–water partition coefficient (Wildman–Crippen LogP) is 1.74. The maximum atomic E-state index is 12.2. The minimum absolute atomic E-state index is 0.105. The van der Waals surface area contributed by atoms with Crippen molar-refractivity contribution >= 4 is 10.0 Å². The van der Waals surface area contributed by atoms with Crippen LogP contribution in [0.4, 0.5) is 0 Å². The monoisotopic (exact) mass is 282 g/mol. The van der Waals surface area contributed by atoms with Crippen molar-refractivity contribution in [2.45, 2.75) is 19.4 Å². The first kappa shape index (κ1) is 15.9. The van der Waals surface area contributed by atoms with Gasteiger partial charge in [0, 0.05) is 13.1 Å². The molecule has 106 valence electrons. The molecule has 0 bridgehead atoms. The largest absolute Gasteiger partial charge is 0.330 e. The Morgan fingerprint density at radius 2 is 1.95 bits per heavy atom. The van der Waals surface area contributed by atoms with Crippen LogP contribution >= 0.6 is 0 Å². The van der Waals surface area contributed by atoms with E-state index in [1.54, 1.807) is 6.08 Å². The lowest BCUT2D eigenvalue weighted by Crippen LogP contribution is -2.34. The van der Waals surface area contributed by atoms with E-state index in [4.69, 9.17) is 5.73 Å². The molecule has 0 spiro atoms. The fraction of sp³-hybridized carbons (Fsp3) is 0.429. The molecule has 0 saturated carbocycles. The summed E-state index contributed by atoms with van der Waals surface area (Å²) in [6, 6.07) is 9.59. The minimum Gasteiger partial charge on any atom is -0.330 e. The first-order valence-corrected chi connectivity index (χ1v) is 8.04. The zero-order valence-electron chi connectivity index (χ0n) is 11.2. The van der Waals surface area contributed by atoms with Crippen LogP contribution in [0.25, 0.3) is 0 Å². The second-order valence-corrected chi connectivity index (χ2v) is 6.44. The van der Waals surface area contributed by atoms with Crippen molar-refractivity contribution < 1.29 is 8.42 Å². The summed E-state index contributed by atoms with van der Waals surface area (Å²) in [4.78, 5) is 0. The van der Waals surface area contributed by atoms with E-state index in [1.807, 2.05) is 30.3 Å². The van der Waals surface area contributed by atoms with Gasteiger partial charge in [0.25, 0.3) is 0 Å². The Labute approximate surface area is 116 Å². The first-order valence-electron chi connectivity index (χ1n) is 6.43. The van der Waals surface area contributed by atoms with Gasteiger partial charge in [0.05, 0.1) is 5.75 Å². The number of nitrogens with two attached hydrogens (primary N) is 1. The molecule has 0 fully saturated rings. The minimum atomic E-state index is -3.25. The number of allylic oxidation sites excluding steroid dienone is 1. The van der Waals surface area contributed by atoms with Gasteiger partial charge in [0.1, 0.15) is 0 Å². The fourth-order valence-corrected chi connectivity index (χ4v) is 3.21. The van der Waals surface area contributed by atoms with E-state index >= 15 is 0 Å². The molecule has 2 N–H and O–H groups in total. The third-order valence-electron chi connectivity index (χ3n) is 2.79. The van der Waals surface area contributed by atoms with Crippen molar-refractivity contribution in [2.24, 2.45) is 5.73 Å². The van der Waals surface area contributed by atoms with E-state index in [-0.39, 0.29) is 5.75 Å². The average molecular weight is 282 g/mol. The van der Waals surface area contributed by atoms with Gasteiger partial charge >= 0.3 is 0 Å². The van der Waals surface area contributed by atoms with Gasteiger partial charge in [-0.25, -0.2) is 8.42 Å². The Morgan fingerprint density at radius 1 is 1.26 bits per heavy atom. The smallest absolute Gasteiger partial charge is 0.214 e. The van der Waals surface area contributed by atoms with Gasteiger partial charge in [-0.3, -0.25) is 0 Å². The molecule has 0 heterocycles. The van der Waals surface area contributed by atoms with Gasteiger partial charge in [-0.1, -0.05) is 36.4 Å². The number of sulfonamides is 1. The van der Waals surface area contributed by atoms with Crippen molar-refractivity contribution in [1.82, 2.24) is 4.31 Å². The van der Waals surface area contributed by atoms with Gasteiger partial charge in [-0.05, 0) is 24.9 Å². The standard InChI is InChI=1S/C14H22N2O2S/c1-2-3-12-19(17,18)16(11-7-10-15)13-14-8-5-4-6-9-14/h2,4-6,8-9H,1,3,7,10-13,15H2. The lowest BCUT2D eigenvalue weighted by Gasteiger charge is -2.21. The highest BCUT2D eigenvalue weighted by molar-refractivity contribution is 7.89. The molecule has 1 aromatic rings. The van der Waals surface area contributed by atoms with Crippen molar-refractivity contribution in [1.29, 1.82) is 0 Å². The summed E-state index contributed by atoms with van der Waals surface area (Å²) in [6.45, 7) is 4.92. The van der Waals surface area contributed by atoms with E-state index < -0.39 is 10.0 Å². The van der Waals surface area contributed by atoms with Crippen LogP contribution in [0, 0.1) is 0 Å². The van der Waals surface area contributed by atoms with Gasteiger partial charge in [-0.2, -0.15) is 4.31 Å². The van der Waals surface area contributed by atoms with Crippen LogP contribution in [-0.2, 0) is 16.6 Å². The Hall–Kier alpha value is -1.17. The summed E-state index contributed by atoms with van der Waals surface area (Å²) in [5.41, 5.74) is 6.46. The zero-order chi connectivity index (χ0) is 14.1. The Balaban J connectivity index is 2.79. The molecule has 0 atom stereocenters. The molecule has 0 aliphatic carbocycles. The van der Waals surface area contributed by atoms with E-state index in [1.165, 1.54) is 4.31 Å². The normalized spacial score (nSPS) is 11.7. The number of nitrogens with zero attached hydrogens (tertiary/aromatic N) is 1. The lowest BCUT2D eigenvalue weighted by molar-refractivity contribution is 0.402. The van der Waals surface area contributed by atoms with Crippen LogP contribution in [0.15, 0.2) is 43.0 Å². The summed E-state index contributed by atoms with van der Waals surface area (Å²) in [5, 5.41) is 0. The Morgan fingerprint density at radius 3 is 2.53 bits per heavy atom. The van der Waals surface area contributed by atoms with E-state index in [0.717, 1.165) is 5.56 Å². The molecule has 1 aromatic carbocycles. The molecule has 0 aromatic heterocycles. The highest BCUT2D eigenvalue weighted by Gasteiger charge is 2.20. The third kappa shape index (κ3) is 5.55. The van der Waals surface area contributed by atoms with Crippen molar-refractivity contribution in [2.75, 3.05) is 18.8 Å². The highest BCUT2D eigenvalue weighted by atomic mass is 32.2. The summed E-state index contributed by atoms with van der Waals surface area (Å²) >= 11 is 0. The van der Waals surface area contributed by atoms with Gasteiger partial charge < -0.3 is 5.73 Å². The van der Waals surface area contributed by atoms with Gasteiger partial charge in [0.15, 0.2) is 0 Å². The Kier molecular flexibility index (Phi) is 6.77.